The van der Waals surface area contributed by atoms with Gasteiger partial charge in [-0.3, -0.25) is 0 Å². The Morgan fingerprint density at radius 2 is 0.422 bits per heavy atom. The summed E-state index contributed by atoms with van der Waals surface area (Å²) in [5.41, 5.74) is 0. The van der Waals surface area contributed by atoms with Crippen LogP contribution in [0.3, 0.4) is 0 Å². The lowest BCUT2D eigenvalue weighted by Crippen LogP contribution is -2.61. The zero-order valence-corrected chi connectivity index (χ0v) is 41.9. The first-order chi connectivity index (χ1) is 31.8. The van der Waals surface area contributed by atoms with Gasteiger partial charge in [-0.1, -0.05) is 153 Å². The highest BCUT2D eigenvalue weighted by Gasteiger charge is 2.63. The van der Waals surface area contributed by atoms with Crippen LogP contribution in [0.15, 0.2) is 24.3 Å². The van der Waals surface area contributed by atoms with E-state index in [4.69, 9.17) is 0 Å². The third kappa shape index (κ3) is 8.84. The fourth-order valence-electron chi connectivity index (χ4n) is 22.9. The lowest BCUT2D eigenvalue weighted by molar-refractivity contribution is -0.184. The molecule has 0 N–H and O–H groups in total. The van der Waals surface area contributed by atoms with E-state index in [0.717, 1.165) is 130 Å². The van der Waals surface area contributed by atoms with Crippen LogP contribution in [0.1, 0.15) is 244 Å². The summed E-state index contributed by atoms with van der Waals surface area (Å²) >= 11 is 0. The second kappa shape index (κ2) is 20.4. The predicted octanol–water partition coefficient (Wildman–Crippen LogP) is 18.6. The van der Waals surface area contributed by atoms with E-state index in [2.05, 4.69) is 24.3 Å². The highest BCUT2D eigenvalue weighted by atomic mass is 14.7. The maximum absolute atomic E-state index is 2.90. The molecule has 0 saturated heterocycles. The monoisotopic (exact) mass is 871 g/mol. The molecule has 12 rings (SSSR count). The maximum Gasteiger partial charge on any atom is -0.0228 e. The van der Waals surface area contributed by atoms with E-state index in [1.54, 1.807) is 180 Å². The van der Waals surface area contributed by atoms with Gasteiger partial charge in [0.05, 0.1) is 0 Å². The molecule has 0 aliphatic heterocycles. The highest BCUT2D eigenvalue weighted by Crippen LogP contribution is 2.70. The molecule has 0 bridgehead atoms. The first-order valence-corrected chi connectivity index (χ1v) is 31.1. The standard InChI is InChI=1S/C64H102/c1-3-19-43(20-4-1)35-37-45-39-47-23-7-9-25-49(47)59(41-45)61-51-27-11-15-31-55(51)63(56-32-16-12-28-52(56)61)64-57-33-17-13-29-53(57)62(54-30-14-18-34-58(54)64)60-42-46(38-36-44-21-5-2-6-22-44)40-48-24-8-10-26-50(48)60/h35-38,43-64H,1-34,39-42H2. The van der Waals surface area contributed by atoms with Crippen molar-refractivity contribution < 1.29 is 0 Å². The molecule has 12 fully saturated rings. The summed E-state index contributed by atoms with van der Waals surface area (Å²) in [4.78, 5) is 0. The van der Waals surface area contributed by atoms with Gasteiger partial charge in [0.15, 0.2) is 0 Å². The molecule has 0 aromatic carbocycles. The molecule has 16 atom stereocenters. The van der Waals surface area contributed by atoms with Crippen LogP contribution in [0.5, 0.6) is 0 Å². The summed E-state index contributed by atoms with van der Waals surface area (Å²) in [6.07, 6.45) is 71.2. The Morgan fingerprint density at radius 3 is 0.750 bits per heavy atom. The minimum absolute atomic E-state index is 0.903. The van der Waals surface area contributed by atoms with Gasteiger partial charge in [0, 0.05) is 0 Å². The third-order valence-electron chi connectivity index (χ3n) is 24.9. The molecule has 12 aliphatic rings. The van der Waals surface area contributed by atoms with Gasteiger partial charge in [-0.15, -0.1) is 0 Å². The van der Waals surface area contributed by atoms with Crippen LogP contribution in [0, 0.1) is 130 Å². The van der Waals surface area contributed by atoms with E-state index in [1.165, 1.54) is 64.2 Å². The molecule has 0 amide bonds. The van der Waals surface area contributed by atoms with Crippen molar-refractivity contribution in [1.82, 2.24) is 0 Å². The third-order valence-corrected chi connectivity index (χ3v) is 24.9. The van der Waals surface area contributed by atoms with Crippen molar-refractivity contribution in [3.63, 3.8) is 0 Å². The van der Waals surface area contributed by atoms with Gasteiger partial charge in [-0.25, -0.2) is 0 Å². The normalized spacial score (nSPS) is 50.7. The van der Waals surface area contributed by atoms with Crippen molar-refractivity contribution in [2.75, 3.05) is 0 Å². The molecular formula is C64H102. The Hall–Kier alpha value is -0.520. The van der Waals surface area contributed by atoms with Crippen molar-refractivity contribution in [3.05, 3.63) is 24.3 Å². The Kier molecular flexibility index (Phi) is 14.3. The molecule has 0 aromatic rings. The molecule has 0 heteroatoms. The van der Waals surface area contributed by atoms with Crippen LogP contribution in [0.25, 0.3) is 0 Å². The first-order valence-electron chi connectivity index (χ1n) is 31.1. The molecular weight excluding hydrogens is 769 g/mol. The SMILES string of the molecule is C(=CC1CC2CCCCC2C(C2C3CCCCC3C(C3C4CCCCC4C(C4CC(C=CC5CCCCC5)CC5CCCCC54)C4CCCCC43)C3CCCCC32)C1)C1CCCCC1. The Morgan fingerprint density at radius 1 is 0.172 bits per heavy atom. The highest BCUT2D eigenvalue weighted by molar-refractivity contribution is 5.13. The fraction of sp³-hybridized carbons (Fsp3) is 0.938. The molecule has 358 valence electrons. The lowest BCUT2D eigenvalue weighted by atomic mass is 9.38. The van der Waals surface area contributed by atoms with Crippen molar-refractivity contribution in [2.24, 2.45) is 130 Å². The average Bonchev–Trinajstić information content (AvgIpc) is 3.36. The number of rotatable bonds is 7. The molecule has 16 unspecified atom stereocenters. The molecule has 64 heavy (non-hydrogen) atoms. The van der Waals surface area contributed by atoms with Crippen LogP contribution in [0.2, 0.25) is 0 Å². The van der Waals surface area contributed by atoms with Gasteiger partial charge in [0.1, 0.15) is 0 Å². The predicted molar refractivity (Wildman–Crippen MR) is 271 cm³/mol. The number of hydrogen-bond acceptors (Lipinski definition) is 0. The Balaban J connectivity index is 0.867. The van der Waals surface area contributed by atoms with Gasteiger partial charge in [-0.2, -0.15) is 0 Å². The topological polar surface area (TPSA) is 0 Å². The summed E-state index contributed by atoms with van der Waals surface area (Å²) in [6.45, 7) is 0. The van der Waals surface area contributed by atoms with Crippen LogP contribution < -0.4 is 0 Å². The minimum Gasteiger partial charge on any atom is -0.0851 e. The molecule has 0 radical (unpaired) electrons. The largest absolute Gasteiger partial charge is 0.0851 e. The first kappa shape index (κ1) is 44.7. The van der Waals surface area contributed by atoms with Crippen molar-refractivity contribution in [3.8, 4) is 0 Å². The summed E-state index contributed by atoms with van der Waals surface area (Å²) in [7, 11) is 0. The van der Waals surface area contributed by atoms with Crippen LogP contribution >= 0.6 is 0 Å². The van der Waals surface area contributed by atoms with Crippen LogP contribution in [0.4, 0.5) is 0 Å². The zero-order chi connectivity index (χ0) is 42.4. The zero-order valence-electron chi connectivity index (χ0n) is 41.9. The molecule has 0 spiro atoms. The Labute approximate surface area is 396 Å². The number of allylic oxidation sites excluding steroid dienone is 4. The molecule has 0 nitrogen and oxygen atoms in total. The van der Waals surface area contributed by atoms with Gasteiger partial charge < -0.3 is 0 Å². The number of hydrogen-bond donors (Lipinski definition) is 0. The summed E-state index contributed by atoms with van der Waals surface area (Å²) < 4.78 is 0. The smallest absolute Gasteiger partial charge is 0.0228 e. The van der Waals surface area contributed by atoms with Gasteiger partial charge in [0.25, 0.3) is 0 Å². The van der Waals surface area contributed by atoms with Gasteiger partial charge in [0.2, 0.25) is 0 Å². The van der Waals surface area contributed by atoms with Crippen molar-refractivity contribution in [2.45, 2.75) is 244 Å². The fourth-order valence-corrected chi connectivity index (χ4v) is 22.9. The van der Waals surface area contributed by atoms with Crippen molar-refractivity contribution in [1.29, 1.82) is 0 Å². The van der Waals surface area contributed by atoms with Crippen LogP contribution in [-0.4, -0.2) is 0 Å². The van der Waals surface area contributed by atoms with Crippen LogP contribution in [-0.2, 0) is 0 Å². The summed E-state index contributed by atoms with van der Waals surface area (Å²) in [5.74, 6) is 23.2. The van der Waals surface area contributed by atoms with E-state index in [1.807, 2.05) is 0 Å². The van der Waals surface area contributed by atoms with E-state index in [-0.39, 0.29) is 0 Å². The molecule has 0 aromatic heterocycles. The Bertz CT molecular complexity index is 1380. The van der Waals surface area contributed by atoms with E-state index in [0.29, 0.717) is 0 Å². The summed E-state index contributed by atoms with van der Waals surface area (Å²) in [5, 5.41) is 0. The molecule has 12 aliphatic carbocycles. The van der Waals surface area contributed by atoms with E-state index in [9.17, 15) is 0 Å². The quantitative estimate of drug-likeness (QED) is 0.224. The summed E-state index contributed by atoms with van der Waals surface area (Å²) in [6, 6.07) is 0. The lowest BCUT2D eigenvalue weighted by Gasteiger charge is -2.67. The average molecular weight is 872 g/mol. The molecule has 0 heterocycles. The van der Waals surface area contributed by atoms with Gasteiger partial charge >= 0.3 is 0 Å². The second-order valence-electron chi connectivity index (χ2n) is 27.5. The van der Waals surface area contributed by atoms with E-state index >= 15 is 0 Å². The minimum atomic E-state index is 0.903. The second-order valence-corrected chi connectivity index (χ2v) is 27.5. The van der Waals surface area contributed by atoms with Gasteiger partial charge in [-0.05, 0) is 246 Å². The number of fused-ring (bicyclic) bond motifs is 6. The maximum atomic E-state index is 2.90. The van der Waals surface area contributed by atoms with Crippen molar-refractivity contribution >= 4 is 0 Å². The van der Waals surface area contributed by atoms with E-state index < -0.39 is 0 Å². The molecule has 12 saturated carbocycles.